The molecule has 0 radical (unpaired) electrons. The van der Waals surface area contributed by atoms with Crippen molar-refractivity contribution in [2.75, 3.05) is 7.11 Å². The lowest BCUT2D eigenvalue weighted by Gasteiger charge is -2.15. The summed E-state index contributed by atoms with van der Waals surface area (Å²) in [5.41, 5.74) is 3.33. The largest absolute Gasteiger partial charge is 0.466 e. The molecule has 0 saturated heterocycles. The van der Waals surface area contributed by atoms with E-state index in [0.29, 0.717) is 0 Å². The molecule has 1 aromatic rings. The van der Waals surface area contributed by atoms with Crippen LogP contribution in [-0.2, 0) is 9.53 Å². The second-order valence-corrected chi connectivity index (χ2v) is 11.7. The normalized spacial score (nSPS) is 12.0. The first kappa shape index (κ1) is 35.5. The number of esters is 1. The Balaban J connectivity index is 2.34. The van der Waals surface area contributed by atoms with E-state index in [2.05, 4.69) is 44.2 Å². The van der Waals surface area contributed by atoms with Gasteiger partial charge >= 0.3 is 5.97 Å². The summed E-state index contributed by atoms with van der Waals surface area (Å²) >= 11 is 0. The van der Waals surface area contributed by atoms with E-state index in [1.807, 2.05) is 0 Å². The zero-order chi connectivity index (χ0) is 28.2. The number of allylic oxidation sites excluding steroid dienone is 1. The van der Waals surface area contributed by atoms with Gasteiger partial charge in [-0.25, -0.2) is 4.79 Å². The minimum atomic E-state index is -0.128. The summed E-state index contributed by atoms with van der Waals surface area (Å²) in [7, 11) is 1.53. The first-order valence-electron chi connectivity index (χ1n) is 17.1. The van der Waals surface area contributed by atoms with Gasteiger partial charge in [-0.05, 0) is 36.8 Å². The first-order valence-corrected chi connectivity index (χ1v) is 17.1. The van der Waals surface area contributed by atoms with Gasteiger partial charge in [0.15, 0.2) is 0 Å². The molecule has 2 nitrogen and oxygen atoms in total. The molecule has 0 atom stereocenters. The molecule has 2 heteroatoms. The van der Waals surface area contributed by atoms with Gasteiger partial charge < -0.3 is 4.74 Å². The van der Waals surface area contributed by atoms with Gasteiger partial charge in [0.05, 0.1) is 7.11 Å². The van der Waals surface area contributed by atoms with Crippen molar-refractivity contribution in [2.45, 2.75) is 174 Å². The molecule has 0 aliphatic carbocycles. The summed E-state index contributed by atoms with van der Waals surface area (Å²) in [6, 6.07) is 10.6. The lowest BCUT2D eigenvalue weighted by atomic mass is 9.91. The highest BCUT2D eigenvalue weighted by molar-refractivity contribution is 5.97. The Morgan fingerprint density at radius 3 is 1.26 bits per heavy atom. The van der Waals surface area contributed by atoms with Crippen LogP contribution in [0.3, 0.4) is 0 Å². The Labute approximate surface area is 243 Å². The van der Waals surface area contributed by atoms with Gasteiger partial charge in [0.2, 0.25) is 0 Å². The summed E-state index contributed by atoms with van der Waals surface area (Å²) in [6.45, 7) is 4.55. The van der Waals surface area contributed by atoms with Crippen molar-refractivity contribution in [1.82, 2.24) is 0 Å². The fourth-order valence-electron chi connectivity index (χ4n) is 5.72. The Morgan fingerprint density at radius 2 is 0.872 bits per heavy atom. The highest BCUT2D eigenvalue weighted by atomic mass is 16.5. The SMILES string of the molecule is CCCCCCCCCCCCCCCCCCC(=C(CCCCCCCCC)C(=O)OC)c1ccccc1. The molecule has 0 aliphatic heterocycles. The van der Waals surface area contributed by atoms with E-state index < -0.39 is 0 Å². The molecule has 0 aliphatic rings. The molecule has 1 rings (SSSR count). The van der Waals surface area contributed by atoms with Crippen LogP contribution in [0.5, 0.6) is 0 Å². The van der Waals surface area contributed by atoms with Crippen LogP contribution in [0.25, 0.3) is 5.57 Å². The summed E-state index contributed by atoms with van der Waals surface area (Å²) < 4.78 is 5.26. The lowest BCUT2D eigenvalue weighted by molar-refractivity contribution is -0.136. The van der Waals surface area contributed by atoms with Gasteiger partial charge in [0, 0.05) is 5.57 Å². The minimum Gasteiger partial charge on any atom is -0.466 e. The van der Waals surface area contributed by atoms with E-state index >= 15 is 0 Å². The van der Waals surface area contributed by atoms with Gasteiger partial charge in [-0.1, -0.05) is 179 Å². The third-order valence-electron chi connectivity index (χ3n) is 8.23. The van der Waals surface area contributed by atoms with Crippen LogP contribution in [0.15, 0.2) is 35.9 Å². The van der Waals surface area contributed by atoms with E-state index in [1.165, 1.54) is 153 Å². The maximum absolute atomic E-state index is 12.8. The van der Waals surface area contributed by atoms with Gasteiger partial charge in [-0.2, -0.15) is 0 Å². The molecular weight excluding hydrogens is 476 g/mol. The molecule has 0 aromatic heterocycles. The van der Waals surface area contributed by atoms with E-state index in [-0.39, 0.29) is 5.97 Å². The number of methoxy groups -OCH3 is 1. The van der Waals surface area contributed by atoms with Crippen LogP contribution in [0.1, 0.15) is 180 Å². The summed E-state index contributed by atoms with van der Waals surface area (Å²) in [5.74, 6) is -0.128. The maximum Gasteiger partial charge on any atom is 0.334 e. The number of hydrogen-bond donors (Lipinski definition) is 0. The van der Waals surface area contributed by atoms with Gasteiger partial charge in [0.1, 0.15) is 0 Å². The average Bonchev–Trinajstić information content (AvgIpc) is 2.97. The highest BCUT2D eigenvalue weighted by Gasteiger charge is 2.17. The summed E-state index contributed by atoms with van der Waals surface area (Å²) in [4.78, 5) is 12.8. The first-order chi connectivity index (χ1) is 19.2. The summed E-state index contributed by atoms with van der Waals surface area (Å²) in [5, 5.41) is 0. The molecule has 39 heavy (non-hydrogen) atoms. The van der Waals surface area contributed by atoms with Crippen LogP contribution in [-0.4, -0.2) is 13.1 Å². The Bertz CT molecular complexity index is 705. The van der Waals surface area contributed by atoms with Crippen molar-refractivity contribution in [3.05, 3.63) is 41.5 Å². The van der Waals surface area contributed by atoms with Crippen LogP contribution < -0.4 is 0 Å². The predicted molar refractivity (Wildman–Crippen MR) is 172 cm³/mol. The summed E-state index contributed by atoms with van der Waals surface area (Å²) in [6.07, 6.45) is 32.7. The molecule has 0 spiro atoms. The molecule has 0 bridgehead atoms. The predicted octanol–water partition coefficient (Wildman–Crippen LogP) is 12.4. The Hall–Kier alpha value is -1.57. The lowest BCUT2D eigenvalue weighted by Crippen LogP contribution is -2.08. The zero-order valence-electron chi connectivity index (χ0n) is 26.4. The molecule has 1 aromatic carbocycles. The van der Waals surface area contributed by atoms with Gasteiger partial charge in [-0.3, -0.25) is 0 Å². The third-order valence-corrected chi connectivity index (χ3v) is 8.23. The number of benzene rings is 1. The number of unbranched alkanes of at least 4 members (excludes halogenated alkanes) is 21. The topological polar surface area (TPSA) is 26.3 Å². The molecule has 0 fully saturated rings. The highest BCUT2D eigenvalue weighted by Crippen LogP contribution is 2.29. The van der Waals surface area contributed by atoms with Crippen molar-refractivity contribution in [2.24, 2.45) is 0 Å². The molecule has 0 saturated carbocycles. The Morgan fingerprint density at radius 1 is 0.513 bits per heavy atom. The minimum absolute atomic E-state index is 0.128. The van der Waals surface area contributed by atoms with E-state index in [0.717, 1.165) is 31.3 Å². The third kappa shape index (κ3) is 19.2. The average molecular weight is 541 g/mol. The number of carbonyl (C=O) groups excluding carboxylic acids is 1. The monoisotopic (exact) mass is 540 g/mol. The molecule has 0 amide bonds. The van der Waals surface area contributed by atoms with Crippen molar-refractivity contribution < 1.29 is 9.53 Å². The van der Waals surface area contributed by atoms with Crippen molar-refractivity contribution >= 4 is 11.5 Å². The second-order valence-electron chi connectivity index (χ2n) is 11.7. The number of rotatable bonds is 27. The van der Waals surface area contributed by atoms with E-state index in [9.17, 15) is 4.79 Å². The standard InChI is InChI=1S/C37H64O2/c1-4-6-8-10-12-13-14-15-16-17-18-19-20-22-23-28-32-35(34-30-26-25-27-31-34)36(37(38)39-3)33-29-24-21-11-9-7-5-2/h25-27,30-31H,4-24,28-29,32-33H2,1-3H3. The zero-order valence-corrected chi connectivity index (χ0v) is 26.4. The molecule has 0 heterocycles. The van der Waals surface area contributed by atoms with Crippen LogP contribution in [0.2, 0.25) is 0 Å². The quantitative estimate of drug-likeness (QED) is 0.0630. The van der Waals surface area contributed by atoms with Gasteiger partial charge in [0.25, 0.3) is 0 Å². The van der Waals surface area contributed by atoms with Crippen LogP contribution in [0, 0.1) is 0 Å². The smallest absolute Gasteiger partial charge is 0.334 e. The van der Waals surface area contributed by atoms with E-state index in [1.54, 1.807) is 0 Å². The number of hydrogen-bond acceptors (Lipinski definition) is 2. The van der Waals surface area contributed by atoms with Crippen molar-refractivity contribution in [3.8, 4) is 0 Å². The molecule has 0 unspecified atom stereocenters. The molecule has 224 valence electrons. The molecular formula is C37H64O2. The second kappa shape index (κ2) is 26.6. The fourth-order valence-corrected chi connectivity index (χ4v) is 5.72. The van der Waals surface area contributed by atoms with Crippen molar-refractivity contribution in [1.29, 1.82) is 0 Å². The van der Waals surface area contributed by atoms with Crippen molar-refractivity contribution in [3.63, 3.8) is 0 Å². The Kier molecular flexibility index (Phi) is 24.2. The maximum atomic E-state index is 12.8. The van der Waals surface area contributed by atoms with Crippen LogP contribution in [0.4, 0.5) is 0 Å². The molecule has 0 N–H and O–H groups in total. The van der Waals surface area contributed by atoms with Gasteiger partial charge in [-0.15, -0.1) is 0 Å². The number of ether oxygens (including phenoxy) is 1. The van der Waals surface area contributed by atoms with E-state index in [4.69, 9.17) is 4.74 Å². The number of carbonyl (C=O) groups is 1. The van der Waals surface area contributed by atoms with Crippen LogP contribution >= 0.6 is 0 Å². The fraction of sp³-hybridized carbons (Fsp3) is 0.757.